The van der Waals surface area contributed by atoms with E-state index in [1.807, 2.05) is 19.1 Å². The molecule has 1 aromatic rings. The fourth-order valence-electron chi connectivity index (χ4n) is 1.48. The Balaban J connectivity index is 2.41. The first kappa shape index (κ1) is 15.6. The van der Waals surface area contributed by atoms with Crippen molar-refractivity contribution < 1.29 is 14.3 Å². The molecule has 1 rings (SSSR count). The van der Waals surface area contributed by atoms with Crippen LogP contribution in [0.4, 0.5) is 0 Å². The van der Waals surface area contributed by atoms with Gasteiger partial charge in [0, 0.05) is 12.3 Å². The van der Waals surface area contributed by atoms with Gasteiger partial charge in [-0.15, -0.1) is 11.8 Å². The summed E-state index contributed by atoms with van der Waals surface area (Å²) in [6, 6.07) is 7.26. The van der Waals surface area contributed by atoms with Crippen LogP contribution < -0.4 is 5.32 Å². The summed E-state index contributed by atoms with van der Waals surface area (Å²) in [4.78, 5) is 22.8. The third kappa shape index (κ3) is 5.79. The minimum absolute atomic E-state index is 0.0518. The van der Waals surface area contributed by atoms with Gasteiger partial charge in [0.05, 0.1) is 18.4 Å². The molecular weight excluding hydrogens is 262 g/mol. The van der Waals surface area contributed by atoms with Gasteiger partial charge < -0.3 is 10.1 Å². The lowest BCUT2D eigenvalue weighted by molar-refractivity contribution is -0.118. The van der Waals surface area contributed by atoms with Crippen LogP contribution in [0.25, 0.3) is 0 Å². The summed E-state index contributed by atoms with van der Waals surface area (Å²) in [5.74, 6) is 0.843. The molecule has 1 amide bonds. The minimum atomic E-state index is -0.340. The van der Waals surface area contributed by atoms with E-state index in [-0.39, 0.29) is 11.9 Å². The molecule has 0 saturated heterocycles. The molecule has 0 atom stereocenters. The lowest BCUT2D eigenvalue weighted by Gasteiger charge is -2.05. The van der Waals surface area contributed by atoms with Crippen molar-refractivity contribution in [2.24, 2.45) is 0 Å². The summed E-state index contributed by atoms with van der Waals surface area (Å²) in [6.07, 6.45) is 0.942. The molecule has 4 nitrogen and oxygen atoms in total. The van der Waals surface area contributed by atoms with Gasteiger partial charge in [-0.2, -0.15) is 0 Å². The van der Waals surface area contributed by atoms with Crippen molar-refractivity contribution in [3.05, 3.63) is 35.4 Å². The van der Waals surface area contributed by atoms with Crippen molar-refractivity contribution >= 4 is 23.6 Å². The smallest absolute Gasteiger partial charge is 0.337 e. The molecule has 0 aromatic heterocycles. The van der Waals surface area contributed by atoms with E-state index in [1.54, 1.807) is 12.1 Å². The van der Waals surface area contributed by atoms with E-state index in [0.29, 0.717) is 17.1 Å². The number of amides is 1. The van der Waals surface area contributed by atoms with Gasteiger partial charge >= 0.3 is 5.97 Å². The zero-order chi connectivity index (χ0) is 14.1. The van der Waals surface area contributed by atoms with E-state index in [2.05, 4.69) is 10.1 Å². The van der Waals surface area contributed by atoms with Crippen LogP contribution in [0.15, 0.2) is 24.3 Å². The van der Waals surface area contributed by atoms with Gasteiger partial charge in [0.1, 0.15) is 0 Å². The molecule has 104 valence electrons. The highest BCUT2D eigenvalue weighted by atomic mass is 32.2. The number of ether oxygens (including phenoxy) is 1. The number of carbonyl (C=O) groups excluding carboxylic acids is 2. The van der Waals surface area contributed by atoms with Crippen molar-refractivity contribution in [3.8, 4) is 0 Å². The zero-order valence-electron chi connectivity index (χ0n) is 11.3. The Hall–Kier alpha value is -1.49. The van der Waals surface area contributed by atoms with E-state index < -0.39 is 0 Å². The Kier molecular flexibility index (Phi) is 7.03. The van der Waals surface area contributed by atoms with E-state index in [4.69, 9.17) is 0 Å². The van der Waals surface area contributed by atoms with Crippen LogP contribution in [-0.2, 0) is 15.3 Å². The second-order valence-corrected chi connectivity index (χ2v) is 5.02. The molecule has 0 radical (unpaired) electrons. The van der Waals surface area contributed by atoms with Crippen molar-refractivity contribution in [1.82, 2.24) is 5.32 Å². The summed E-state index contributed by atoms with van der Waals surface area (Å²) >= 11 is 1.53. The standard InChI is InChI=1S/C14H19NO3S/c1-3-7-15-13(16)10-19-9-11-5-4-6-12(8-11)14(17)18-2/h4-6,8H,3,7,9-10H2,1-2H3,(H,15,16). The highest BCUT2D eigenvalue weighted by Crippen LogP contribution is 2.14. The van der Waals surface area contributed by atoms with Crippen LogP contribution in [0.2, 0.25) is 0 Å². The molecular formula is C14H19NO3S. The van der Waals surface area contributed by atoms with Gasteiger partial charge in [-0.3, -0.25) is 4.79 Å². The van der Waals surface area contributed by atoms with Crippen LogP contribution in [0.1, 0.15) is 29.3 Å². The minimum Gasteiger partial charge on any atom is -0.465 e. The summed E-state index contributed by atoms with van der Waals surface area (Å²) in [7, 11) is 1.36. The Morgan fingerprint density at radius 3 is 2.84 bits per heavy atom. The highest BCUT2D eigenvalue weighted by Gasteiger charge is 2.06. The highest BCUT2D eigenvalue weighted by molar-refractivity contribution is 7.99. The van der Waals surface area contributed by atoms with Crippen molar-refractivity contribution in [2.75, 3.05) is 19.4 Å². The number of esters is 1. The molecule has 0 saturated carbocycles. The first-order valence-corrected chi connectivity index (χ1v) is 7.34. The number of rotatable bonds is 7. The number of thioether (sulfide) groups is 1. The Morgan fingerprint density at radius 1 is 1.37 bits per heavy atom. The van der Waals surface area contributed by atoms with Gasteiger partial charge in [0.25, 0.3) is 0 Å². The Labute approximate surface area is 117 Å². The monoisotopic (exact) mass is 281 g/mol. The van der Waals surface area contributed by atoms with E-state index in [0.717, 1.165) is 18.5 Å². The molecule has 5 heteroatoms. The van der Waals surface area contributed by atoms with Gasteiger partial charge in [-0.1, -0.05) is 19.1 Å². The molecule has 0 fully saturated rings. The molecule has 1 aromatic carbocycles. The fraction of sp³-hybridized carbons (Fsp3) is 0.429. The quantitative estimate of drug-likeness (QED) is 0.779. The molecule has 0 spiro atoms. The van der Waals surface area contributed by atoms with Crippen LogP contribution in [-0.4, -0.2) is 31.3 Å². The summed E-state index contributed by atoms with van der Waals surface area (Å²) in [5, 5.41) is 2.82. The van der Waals surface area contributed by atoms with Crippen LogP contribution in [0.5, 0.6) is 0 Å². The van der Waals surface area contributed by atoms with Crippen LogP contribution in [0, 0.1) is 0 Å². The zero-order valence-corrected chi connectivity index (χ0v) is 12.1. The molecule has 0 aliphatic heterocycles. The average molecular weight is 281 g/mol. The first-order chi connectivity index (χ1) is 9.17. The largest absolute Gasteiger partial charge is 0.465 e. The lowest BCUT2D eigenvalue weighted by Crippen LogP contribution is -2.25. The summed E-state index contributed by atoms with van der Waals surface area (Å²) in [5.41, 5.74) is 1.55. The SMILES string of the molecule is CCCNC(=O)CSCc1cccc(C(=O)OC)c1. The molecule has 0 unspecified atom stereocenters. The fourth-order valence-corrected chi connectivity index (χ4v) is 2.29. The van der Waals surface area contributed by atoms with Crippen molar-refractivity contribution in [2.45, 2.75) is 19.1 Å². The maximum Gasteiger partial charge on any atom is 0.337 e. The Bertz CT molecular complexity index is 434. The molecule has 0 aliphatic rings. The first-order valence-electron chi connectivity index (χ1n) is 6.19. The maximum absolute atomic E-state index is 11.4. The normalized spacial score (nSPS) is 10.0. The molecule has 0 bridgehead atoms. The molecule has 1 N–H and O–H groups in total. The van der Waals surface area contributed by atoms with E-state index >= 15 is 0 Å². The van der Waals surface area contributed by atoms with Crippen molar-refractivity contribution in [3.63, 3.8) is 0 Å². The number of benzene rings is 1. The third-order valence-corrected chi connectivity index (χ3v) is 3.43. The predicted molar refractivity (Wildman–Crippen MR) is 77.2 cm³/mol. The number of nitrogens with one attached hydrogen (secondary N) is 1. The van der Waals surface area contributed by atoms with Gasteiger partial charge in [-0.25, -0.2) is 4.79 Å². The van der Waals surface area contributed by atoms with E-state index in [1.165, 1.54) is 18.9 Å². The van der Waals surface area contributed by atoms with Crippen LogP contribution in [0.3, 0.4) is 0 Å². The molecule has 0 aliphatic carbocycles. The van der Waals surface area contributed by atoms with E-state index in [9.17, 15) is 9.59 Å². The maximum atomic E-state index is 11.4. The number of carbonyl (C=O) groups is 2. The Morgan fingerprint density at radius 2 is 2.16 bits per heavy atom. The number of methoxy groups -OCH3 is 1. The van der Waals surface area contributed by atoms with Crippen molar-refractivity contribution in [1.29, 1.82) is 0 Å². The molecule has 0 heterocycles. The van der Waals surface area contributed by atoms with Gasteiger partial charge in [0.2, 0.25) is 5.91 Å². The number of hydrogen-bond donors (Lipinski definition) is 1. The third-order valence-electron chi connectivity index (χ3n) is 2.42. The second kappa shape index (κ2) is 8.58. The predicted octanol–water partition coefficient (Wildman–Crippen LogP) is 2.23. The lowest BCUT2D eigenvalue weighted by atomic mass is 10.1. The average Bonchev–Trinajstić information content (AvgIpc) is 2.44. The molecule has 19 heavy (non-hydrogen) atoms. The van der Waals surface area contributed by atoms with Crippen LogP contribution >= 0.6 is 11.8 Å². The topological polar surface area (TPSA) is 55.4 Å². The summed E-state index contributed by atoms with van der Waals surface area (Å²) in [6.45, 7) is 2.74. The number of hydrogen-bond acceptors (Lipinski definition) is 4. The van der Waals surface area contributed by atoms with Gasteiger partial charge in [0.15, 0.2) is 0 Å². The second-order valence-electron chi connectivity index (χ2n) is 4.03. The summed E-state index contributed by atoms with van der Waals surface area (Å²) < 4.78 is 4.67. The van der Waals surface area contributed by atoms with Gasteiger partial charge in [-0.05, 0) is 24.1 Å².